The van der Waals surface area contributed by atoms with Gasteiger partial charge in [0.25, 0.3) is 0 Å². The Labute approximate surface area is 165 Å². The zero-order valence-electron chi connectivity index (χ0n) is 16.4. The number of amides is 1. The van der Waals surface area contributed by atoms with Crippen LogP contribution in [0.3, 0.4) is 0 Å². The first kappa shape index (κ1) is 17.1. The van der Waals surface area contributed by atoms with E-state index in [9.17, 15) is 4.79 Å². The smallest absolute Gasteiger partial charge is 0.235 e. The van der Waals surface area contributed by atoms with E-state index in [2.05, 4.69) is 43.2 Å². The molecule has 0 aliphatic heterocycles. The van der Waals surface area contributed by atoms with E-state index in [0.717, 1.165) is 46.0 Å². The maximum atomic E-state index is 13.1. The van der Waals surface area contributed by atoms with E-state index in [1.807, 2.05) is 36.4 Å². The van der Waals surface area contributed by atoms with Crippen molar-refractivity contribution in [3.8, 4) is 0 Å². The number of rotatable bonds is 3. The molecule has 2 aromatic heterocycles. The molecule has 0 saturated heterocycles. The van der Waals surface area contributed by atoms with Crippen molar-refractivity contribution in [2.75, 3.05) is 5.32 Å². The maximum absolute atomic E-state index is 13.1. The first-order valence-corrected chi connectivity index (χ1v) is 9.78. The molecule has 1 fully saturated rings. The maximum Gasteiger partial charge on any atom is 0.235 e. The molecule has 0 radical (unpaired) electrons. The quantitative estimate of drug-likeness (QED) is 0.453. The number of benzene rings is 2. The fourth-order valence-corrected chi connectivity index (χ4v) is 3.90. The molecule has 0 atom stereocenters. The van der Waals surface area contributed by atoms with Crippen LogP contribution < -0.4 is 5.32 Å². The third kappa shape index (κ3) is 2.71. The van der Waals surface area contributed by atoms with Gasteiger partial charge in [-0.25, -0.2) is 0 Å². The van der Waals surface area contributed by atoms with Crippen LogP contribution in [0.1, 0.15) is 46.3 Å². The second-order valence-electron chi connectivity index (χ2n) is 8.94. The number of aromatic nitrogens is 1. The van der Waals surface area contributed by atoms with Gasteiger partial charge in [0.05, 0.1) is 11.7 Å². The van der Waals surface area contributed by atoms with Gasteiger partial charge in [-0.15, -0.1) is 0 Å². The van der Waals surface area contributed by atoms with Crippen molar-refractivity contribution >= 4 is 33.5 Å². The summed E-state index contributed by atoms with van der Waals surface area (Å²) in [7, 11) is 0. The highest BCUT2D eigenvalue weighted by atomic mass is 16.3. The molecule has 2 aromatic carbocycles. The lowest BCUT2D eigenvalue weighted by Crippen LogP contribution is -2.27. The first-order chi connectivity index (χ1) is 13.3. The molecule has 2 heterocycles. The fraction of sp³-hybridized carbons (Fsp3) is 0.292. The van der Waals surface area contributed by atoms with E-state index in [-0.39, 0.29) is 12.7 Å². The van der Waals surface area contributed by atoms with Crippen molar-refractivity contribution in [2.45, 2.75) is 44.4 Å². The molecule has 1 amide bonds. The average molecular weight is 374 g/mol. The van der Waals surface area contributed by atoms with Crippen LogP contribution in [0.15, 0.2) is 59.2 Å². The van der Waals surface area contributed by atoms with E-state index in [0.29, 0.717) is 0 Å². The molecule has 2 N–H and O–H groups in total. The van der Waals surface area contributed by atoms with Crippen molar-refractivity contribution in [2.24, 2.45) is 0 Å². The molecule has 5 rings (SSSR count). The Morgan fingerprint density at radius 2 is 1.89 bits per heavy atom. The molecular weight excluding hydrogens is 348 g/mol. The van der Waals surface area contributed by atoms with Crippen LogP contribution in [0.25, 0.3) is 21.9 Å². The SMILES string of the molecule is CC(C)(C)c1cc2cc(NC(=O)C3(c4ccc5occc5c4)CC3)ccc2[nH]1.[HH]. The number of fused-ring (bicyclic) bond motifs is 2. The molecule has 0 unspecified atom stereocenters. The minimum Gasteiger partial charge on any atom is -0.464 e. The summed E-state index contributed by atoms with van der Waals surface area (Å²) in [6.45, 7) is 6.57. The summed E-state index contributed by atoms with van der Waals surface area (Å²) in [4.78, 5) is 16.6. The molecule has 1 aliphatic rings. The minimum atomic E-state index is -0.421. The zero-order valence-corrected chi connectivity index (χ0v) is 16.4. The molecule has 4 aromatic rings. The number of aromatic amines is 1. The number of nitrogens with one attached hydrogen (secondary N) is 2. The Hall–Kier alpha value is -3.01. The van der Waals surface area contributed by atoms with Gasteiger partial charge in [-0.2, -0.15) is 0 Å². The first-order valence-electron chi connectivity index (χ1n) is 9.78. The summed E-state index contributed by atoms with van der Waals surface area (Å²) in [6, 6.07) is 16.2. The van der Waals surface area contributed by atoms with E-state index >= 15 is 0 Å². The molecule has 144 valence electrons. The molecule has 1 aliphatic carbocycles. The number of furan rings is 1. The molecule has 28 heavy (non-hydrogen) atoms. The minimum absolute atomic E-state index is 0. The summed E-state index contributed by atoms with van der Waals surface area (Å²) in [5.74, 6) is 0.0706. The zero-order chi connectivity index (χ0) is 19.5. The van der Waals surface area contributed by atoms with Gasteiger partial charge in [0.2, 0.25) is 5.91 Å². The highest BCUT2D eigenvalue weighted by molar-refractivity contribution is 6.03. The summed E-state index contributed by atoms with van der Waals surface area (Å²) in [6.07, 6.45) is 3.44. The number of hydrogen-bond donors (Lipinski definition) is 2. The summed E-state index contributed by atoms with van der Waals surface area (Å²) in [5, 5.41) is 5.31. The van der Waals surface area contributed by atoms with Gasteiger partial charge in [-0.1, -0.05) is 26.8 Å². The Morgan fingerprint density at radius 1 is 1.07 bits per heavy atom. The number of H-pyrrole nitrogens is 1. The summed E-state index contributed by atoms with van der Waals surface area (Å²) >= 11 is 0. The summed E-state index contributed by atoms with van der Waals surface area (Å²) in [5.41, 5.74) is 4.69. The molecular formula is C24H26N2O2. The predicted molar refractivity (Wildman–Crippen MR) is 115 cm³/mol. The fourth-order valence-electron chi connectivity index (χ4n) is 3.90. The third-order valence-electron chi connectivity index (χ3n) is 5.88. The summed E-state index contributed by atoms with van der Waals surface area (Å²) < 4.78 is 5.43. The van der Waals surface area contributed by atoms with Gasteiger partial charge < -0.3 is 14.7 Å². The second-order valence-corrected chi connectivity index (χ2v) is 8.94. The van der Waals surface area contributed by atoms with Gasteiger partial charge in [0, 0.05) is 34.5 Å². The van der Waals surface area contributed by atoms with Gasteiger partial charge in [0.1, 0.15) is 5.58 Å². The van der Waals surface area contributed by atoms with E-state index in [4.69, 9.17) is 4.42 Å². The lowest BCUT2D eigenvalue weighted by Gasteiger charge is -2.16. The molecule has 0 bridgehead atoms. The van der Waals surface area contributed by atoms with Crippen LogP contribution in [-0.4, -0.2) is 10.9 Å². The highest BCUT2D eigenvalue weighted by Gasteiger charge is 2.51. The van der Waals surface area contributed by atoms with E-state index in [1.54, 1.807) is 6.26 Å². The standard InChI is InChI=1S/C24H24N2O2.H2/c1-23(2,3)21-14-16-13-18(5-6-19(16)26-21)25-22(27)24(9-10-24)17-4-7-20-15(12-17)8-11-28-20;/h4-8,11-14,26H,9-10H2,1-3H3,(H,25,27);1H. The van der Waals surface area contributed by atoms with Crippen LogP contribution in [0, 0.1) is 0 Å². The van der Waals surface area contributed by atoms with Crippen molar-refractivity contribution in [1.82, 2.24) is 4.98 Å². The van der Waals surface area contributed by atoms with Crippen molar-refractivity contribution in [3.05, 3.63) is 66.1 Å². The van der Waals surface area contributed by atoms with Gasteiger partial charge in [-0.3, -0.25) is 4.79 Å². The largest absolute Gasteiger partial charge is 0.464 e. The monoisotopic (exact) mass is 374 g/mol. The molecule has 1 saturated carbocycles. The van der Waals surface area contributed by atoms with Crippen LogP contribution >= 0.6 is 0 Å². The second kappa shape index (κ2) is 5.74. The molecule has 0 spiro atoms. The van der Waals surface area contributed by atoms with Gasteiger partial charge in [-0.05, 0) is 60.9 Å². The van der Waals surface area contributed by atoms with Gasteiger partial charge >= 0.3 is 0 Å². The third-order valence-corrected chi connectivity index (χ3v) is 5.88. The lowest BCUT2D eigenvalue weighted by molar-refractivity contribution is -0.118. The number of carbonyl (C=O) groups excluding carboxylic acids is 1. The highest BCUT2D eigenvalue weighted by Crippen LogP contribution is 2.49. The average Bonchev–Trinajstić information content (AvgIpc) is 3.13. The number of carbonyl (C=O) groups is 1. The number of anilines is 1. The Balaban J connectivity index is 0.00000205. The van der Waals surface area contributed by atoms with Crippen molar-refractivity contribution in [1.29, 1.82) is 0 Å². The lowest BCUT2D eigenvalue weighted by atomic mass is 9.92. The normalized spacial score (nSPS) is 15.8. The Kier molecular flexibility index (Phi) is 3.51. The van der Waals surface area contributed by atoms with Crippen LogP contribution in [-0.2, 0) is 15.6 Å². The van der Waals surface area contributed by atoms with Crippen molar-refractivity contribution < 1.29 is 10.6 Å². The molecule has 4 nitrogen and oxygen atoms in total. The van der Waals surface area contributed by atoms with Crippen molar-refractivity contribution in [3.63, 3.8) is 0 Å². The topological polar surface area (TPSA) is 58.0 Å². The Morgan fingerprint density at radius 3 is 2.64 bits per heavy atom. The predicted octanol–water partition coefficient (Wildman–Crippen LogP) is 6.13. The van der Waals surface area contributed by atoms with E-state index in [1.165, 1.54) is 5.69 Å². The van der Waals surface area contributed by atoms with E-state index < -0.39 is 5.41 Å². The van der Waals surface area contributed by atoms with Crippen LogP contribution in [0.5, 0.6) is 0 Å². The molecule has 4 heteroatoms. The van der Waals surface area contributed by atoms with Crippen LogP contribution in [0.2, 0.25) is 0 Å². The van der Waals surface area contributed by atoms with Crippen LogP contribution in [0.4, 0.5) is 5.69 Å². The Bertz CT molecular complexity index is 1210. The number of hydrogen-bond acceptors (Lipinski definition) is 2. The van der Waals surface area contributed by atoms with Gasteiger partial charge in [0.15, 0.2) is 0 Å².